The number of primary amides is 1. The minimum Gasteiger partial charge on any atom is -0.368 e. The fourth-order valence-corrected chi connectivity index (χ4v) is 2.50. The largest absolute Gasteiger partial charge is 0.368 e. The van der Waals surface area contributed by atoms with Crippen LogP contribution >= 0.6 is 0 Å². The fraction of sp³-hybridized carbons (Fsp3) is 0.923. The van der Waals surface area contributed by atoms with Gasteiger partial charge in [0.05, 0.1) is 5.54 Å². The number of unbranched alkanes of at least 4 members (excludes halogenated alkanes) is 2. The summed E-state index contributed by atoms with van der Waals surface area (Å²) in [6, 6.07) is 0. The molecule has 1 aliphatic rings. The molecule has 3 N–H and O–H groups in total. The summed E-state index contributed by atoms with van der Waals surface area (Å²) in [6.07, 6.45) is 5.41. The van der Waals surface area contributed by atoms with Gasteiger partial charge in [0.25, 0.3) is 0 Å². The molecule has 1 aliphatic heterocycles. The first-order chi connectivity index (χ1) is 8.11. The standard InChI is InChI=1S/C13H27N3O/c1-3-4-5-7-13(2,12(14)17)16-10-6-8-15-9-11-16/h15H,3-11H2,1-2H3,(H2,14,17). The number of hydrogen-bond acceptors (Lipinski definition) is 3. The minimum atomic E-state index is -0.457. The van der Waals surface area contributed by atoms with E-state index in [9.17, 15) is 4.79 Å². The maximum atomic E-state index is 11.8. The van der Waals surface area contributed by atoms with E-state index in [2.05, 4.69) is 17.1 Å². The number of nitrogens with one attached hydrogen (secondary N) is 1. The number of carbonyl (C=O) groups excluding carboxylic acids is 1. The Morgan fingerprint density at radius 2 is 2.12 bits per heavy atom. The second-order valence-electron chi connectivity index (χ2n) is 5.19. The number of rotatable bonds is 6. The molecule has 0 bridgehead atoms. The Morgan fingerprint density at radius 3 is 2.76 bits per heavy atom. The van der Waals surface area contributed by atoms with Gasteiger partial charge in [-0.05, 0) is 26.3 Å². The Bertz CT molecular complexity index is 237. The fourth-order valence-electron chi connectivity index (χ4n) is 2.50. The first-order valence-electron chi connectivity index (χ1n) is 6.87. The molecule has 1 saturated heterocycles. The third-order valence-corrected chi connectivity index (χ3v) is 3.84. The second-order valence-corrected chi connectivity index (χ2v) is 5.19. The number of amides is 1. The van der Waals surface area contributed by atoms with Crippen molar-refractivity contribution in [1.82, 2.24) is 10.2 Å². The molecule has 0 radical (unpaired) electrons. The van der Waals surface area contributed by atoms with E-state index in [4.69, 9.17) is 5.73 Å². The van der Waals surface area contributed by atoms with Gasteiger partial charge in [0.2, 0.25) is 5.91 Å². The molecule has 1 amide bonds. The SMILES string of the molecule is CCCCCC(C)(C(N)=O)N1CCCNCC1. The normalized spacial score (nSPS) is 21.8. The van der Waals surface area contributed by atoms with Gasteiger partial charge in [0, 0.05) is 19.6 Å². The van der Waals surface area contributed by atoms with Crippen LogP contribution in [-0.4, -0.2) is 42.5 Å². The number of carbonyl (C=O) groups is 1. The monoisotopic (exact) mass is 241 g/mol. The van der Waals surface area contributed by atoms with E-state index < -0.39 is 5.54 Å². The molecule has 1 atom stereocenters. The lowest BCUT2D eigenvalue weighted by molar-refractivity contribution is -0.129. The van der Waals surface area contributed by atoms with E-state index in [1.165, 1.54) is 12.8 Å². The Kier molecular flexibility index (Phi) is 5.92. The van der Waals surface area contributed by atoms with Crippen LogP contribution in [0.2, 0.25) is 0 Å². The van der Waals surface area contributed by atoms with E-state index in [-0.39, 0.29) is 5.91 Å². The molecule has 0 spiro atoms. The van der Waals surface area contributed by atoms with Gasteiger partial charge in [0.1, 0.15) is 0 Å². The zero-order valence-electron chi connectivity index (χ0n) is 11.3. The number of hydrogen-bond donors (Lipinski definition) is 2. The van der Waals surface area contributed by atoms with Crippen LogP contribution in [0.3, 0.4) is 0 Å². The lowest BCUT2D eigenvalue weighted by Gasteiger charge is -2.38. The lowest BCUT2D eigenvalue weighted by Crippen LogP contribution is -2.56. The van der Waals surface area contributed by atoms with Crippen LogP contribution < -0.4 is 11.1 Å². The van der Waals surface area contributed by atoms with Gasteiger partial charge >= 0.3 is 0 Å². The third kappa shape index (κ3) is 3.96. The van der Waals surface area contributed by atoms with Crippen LogP contribution in [0.4, 0.5) is 0 Å². The molecule has 1 fully saturated rings. The van der Waals surface area contributed by atoms with Crippen molar-refractivity contribution < 1.29 is 4.79 Å². The molecule has 1 rings (SSSR count). The topological polar surface area (TPSA) is 58.4 Å². The third-order valence-electron chi connectivity index (χ3n) is 3.84. The van der Waals surface area contributed by atoms with E-state index in [0.717, 1.165) is 45.4 Å². The molecule has 0 aliphatic carbocycles. The van der Waals surface area contributed by atoms with E-state index in [0.29, 0.717) is 0 Å². The zero-order chi connectivity index (χ0) is 12.7. The minimum absolute atomic E-state index is 0.171. The van der Waals surface area contributed by atoms with Crippen LogP contribution in [-0.2, 0) is 4.79 Å². The van der Waals surface area contributed by atoms with Gasteiger partial charge in [-0.1, -0.05) is 26.2 Å². The summed E-state index contributed by atoms with van der Waals surface area (Å²) in [5.41, 5.74) is 5.18. The summed E-state index contributed by atoms with van der Waals surface area (Å²) < 4.78 is 0. The highest BCUT2D eigenvalue weighted by atomic mass is 16.1. The van der Waals surface area contributed by atoms with Crippen molar-refractivity contribution in [3.63, 3.8) is 0 Å². The van der Waals surface area contributed by atoms with E-state index in [1.807, 2.05) is 6.92 Å². The van der Waals surface area contributed by atoms with Crippen molar-refractivity contribution >= 4 is 5.91 Å². The molecule has 0 aromatic heterocycles. The number of nitrogens with zero attached hydrogens (tertiary/aromatic N) is 1. The Morgan fingerprint density at radius 1 is 1.35 bits per heavy atom. The van der Waals surface area contributed by atoms with Crippen LogP contribution in [0.15, 0.2) is 0 Å². The maximum Gasteiger partial charge on any atom is 0.237 e. The van der Waals surface area contributed by atoms with Crippen molar-refractivity contribution in [3.8, 4) is 0 Å². The molecule has 0 aromatic carbocycles. The Balaban J connectivity index is 2.63. The maximum absolute atomic E-state index is 11.8. The molecule has 0 saturated carbocycles. The average molecular weight is 241 g/mol. The van der Waals surface area contributed by atoms with Crippen LogP contribution in [0.1, 0.15) is 46.0 Å². The first kappa shape index (κ1) is 14.5. The lowest BCUT2D eigenvalue weighted by atomic mass is 9.91. The predicted octanol–water partition coefficient (Wildman–Crippen LogP) is 1.11. The van der Waals surface area contributed by atoms with Crippen LogP contribution in [0, 0.1) is 0 Å². The summed E-state index contributed by atoms with van der Waals surface area (Å²) in [5, 5.41) is 3.36. The molecule has 4 heteroatoms. The van der Waals surface area contributed by atoms with Crippen molar-refractivity contribution in [3.05, 3.63) is 0 Å². The molecular formula is C13H27N3O. The van der Waals surface area contributed by atoms with Gasteiger partial charge in [-0.2, -0.15) is 0 Å². The zero-order valence-corrected chi connectivity index (χ0v) is 11.3. The smallest absolute Gasteiger partial charge is 0.237 e. The summed E-state index contributed by atoms with van der Waals surface area (Å²) in [6.45, 7) is 8.08. The van der Waals surface area contributed by atoms with Crippen LogP contribution in [0.5, 0.6) is 0 Å². The average Bonchev–Trinajstić information content (AvgIpc) is 2.57. The summed E-state index contributed by atoms with van der Waals surface area (Å²) in [7, 11) is 0. The predicted molar refractivity (Wildman–Crippen MR) is 70.8 cm³/mol. The summed E-state index contributed by atoms with van der Waals surface area (Å²) in [4.78, 5) is 14.1. The quantitative estimate of drug-likeness (QED) is 0.685. The molecule has 1 unspecified atom stereocenters. The van der Waals surface area contributed by atoms with E-state index >= 15 is 0 Å². The van der Waals surface area contributed by atoms with Gasteiger partial charge in [-0.15, -0.1) is 0 Å². The molecule has 0 aromatic rings. The Labute approximate surface area is 105 Å². The van der Waals surface area contributed by atoms with Gasteiger partial charge < -0.3 is 11.1 Å². The molecule has 1 heterocycles. The Hall–Kier alpha value is -0.610. The highest BCUT2D eigenvalue weighted by Crippen LogP contribution is 2.23. The second kappa shape index (κ2) is 6.97. The highest BCUT2D eigenvalue weighted by molar-refractivity contribution is 5.84. The van der Waals surface area contributed by atoms with Gasteiger partial charge in [0.15, 0.2) is 0 Å². The molecule has 100 valence electrons. The molecular weight excluding hydrogens is 214 g/mol. The van der Waals surface area contributed by atoms with E-state index in [1.54, 1.807) is 0 Å². The summed E-state index contributed by atoms with van der Waals surface area (Å²) in [5.74, 6) is -0.171. The first-order valence-corrected chi connectivity index (χ1v) is 6.87. The van der Waals surface area contributed by atoms with Crippen molar-refractivity contribution in [2.24, 2.45) is 5.73 Å². The highest BCUT2D eigenvalue weighted by Gasteiger charge is 2.36. The van der Waals surface area contributed by atoms with Gasteiger partial charge in [-0.25, -0.2) is 0 Å². The summed E-state index contributed by atoms with van der Waals surface area (Å²) >= 11 is 0. The van der Waals surface area contributed by atoms with Gasteiger partial charge in [-0.3, -0.25) is 9.69 Å². The molecule has 4 nitrogen and oxygen atoms in total. The van der Waals surface area contributed by atoms with Crippen molar-refractivity contribution in [1.29, 1.82) is 0 Å². The van der Waals surface area contributed by atoms with Crippen LogP contribution in [0.25, 0.3) is 0 Å². The number of nitrogens with two attached hydrogens (primary N) is 1. The molecule has 17 heavy (non-hydrogen) atoms. The van der Waals surface area contributed by atoms with Crippen molar-refractivity contribution in [2.75, 3.05) is 26.2 Å². The van der Waals surface area contributed by atoms with Crippen molar-refractivity contribution in [2.45, 2.75) is 51.5 Å².